The van der Waals surface area contributed by atoms with E-state index in [-0.39, 0.29) is 13.2 Å². The second-order valence-corrected chi connectivity index (χ2v) is 3.26. The van der Waals surface area contributed by atoms with Gasteiger partial charge >= 0.3 is 6.18 Å². The van der Waals surface area contributed by atoms with Gasteiger partial charge in [-0.25, -0.2) is 0 Å². The predicted octanol–water partition coefficient (Wildman–Crippen LogP) is 2.39. The number of aliphatic hydroxyl groups excluding tert-OH is 1. The monoisotopic (exact) mass is 244 g/mol. The molecule has 1 aromatic rings. The molecule has 0 saturated carbocycles. The van der Waals surface area contributed by atoms with Gasteiger partial charge in [0.1, 0.15) is 6.10 Å². The normalized spacial score (nSPS) is 13.1. The Morgan fingerprint density at radius 2 is 1.88 bits per heavy atom. The van der Waals surface area contributed by atoms with Crippen LogP contribution in [0, 0.1) is 12.3 Å². The van der Waals surface area contributed by atoms with Crippen molar-refractivity contribution in [3.8, 4) is 12.3 Å². The topological polar surface area (TPSA) is 29.5 Å². The van der Waals surface area contributed by atoms with Crippen LogP contribution < -0.4 is 0 Å². The summed E-state index contributed by atoms with van der Waals surface area (Å²) in [5.74, 6) is 2.30. The SMILES string of the molecule is C#C[C@@H](OCCO)c1ccc(C(F)(F)F)cc1. The van der Waals surface area contributed by atoms with Crippen molar-refractivity contribution >= 4 is 0 Å². The minimum absolute atomic E-state index is 0.0376. The summed E-state index contributed by atoms with van der Waals surface area (Å²) in [4.78, 5) is 0. The van der Waals surface area contributed by atoms with Gasteiger partial charge in [0.25, 0.3) is 0 Å². The maximum absolute atomic E-state index is 12.3. The fourth-order valence-corrected chi connectivity index (χ4v) is 1.26. The minimum atomic E-state index is -4.36. The van der Waals surface area contributed by atoms with Gasteiger partial charge in [-0.1, -0.05) is 18.1 Å². The first-order valence-electron chi connectivity index (χ1n) is 4.84. The molecule has 0 unspecified atom stereocenters. The lowest BCUT2D eigenvalue weighted by Crippen LogP contribution is -2.08. The highest BCUT2D eigenvalue weighted by Gasteiger charge is 2.30. The summed E-state index contributed by atoms with van der Waals surface area (Å²) in [7, 11) is 0. The van der Waals surface area contributed by atoms with Gasteiger partial charge in [0, 0.05) is 0 Å². The summed E-state index contributed by atoms with van der Waals surface area (Å²) in [6.07, 6.45) is 0.0797. The number of terminal acetylenes is 1. The Bertz CT molecular complexity index is 390. The van der Waals surface area contributed by atoms with Crippen molar-refractivity contribution in [1.29, 1.82) is 0 Å². The van der Waals surface area contributed by atoms with E-state index in [0.29, 0.717) is 5.56 Å². The maximum atomic E-state index is 12.3. The Hall–Kier alpha value is -1.51. The molecule has 0 bridgehead atoms. The number of alkyl halides is 3. The molecular weight excluding hydrogens is 233 g/mol. The molecule has 0 heterocycles. The van der Waals surface area contributed by atoms with Gasteiger partial charge < -0.3 is 9.84 Å². The van der Waals surface area contributed by atoms with Gasteiger partial charge in [-0.3, -0.25) is 0 Å². The lowest BCUT2D eigenvalue weighted by atomic mass is 10.1. The number of ether oxygens (including phenoxy) is 1. The third kappa shape index (κ3) is 3.77. The summed E-state index contributed by atoms with van der Waals surface area (Å²) in [5.41, 5.74) is -0.284. The molecule has 0 amide bonds. The first-order chi connectivity index (χ1) is 7.99. The second kappa shape index (κ2) is 5.71. The molecule has 5 heteroatoms. The van der Waals surface area contributed by atoms with E-state index in [0.717, 1.165) is 12.1 Å². The molecule has 0 spiro atoms. The van der Waals surface area contributed by atoms with E-state index >= 15 is 0 Å². The number of aliphatic hydroxyl groups is 1. The van der Waals surface area contributed by atoms with E-state index in [1.165, 1.54) is 12.1 Å². The summed E-state index contributed by atoms with van der Waals surface area (Å²) in [6, 6.07) is 4.43. The van der Waals surface area contributed by atoms with Crippen LogP contribution in [-0.2, 0) is 10.9 Å². The quantitative estimate of drug-likeness (QED) is 0.824. The lowest BCUT2D eigenvalue weighted by molar-refractivity contribution is -0.137. The number of hydrogen-bond donors (Lipinski definition) is 1. The van der Waals surface area contributed by atoms with Crippen LogP contribution in [0.15, 0.2) is 24.3 Å². The van der Waals surface area contributed by atoms with Gasteiger partial charge in [0.05, 0.1) is 18.8 Å². The van der Waals surface area contributed by atoms with Crippen molar-refractivity contribution in [2.75, 3.05) is 13.2 Å². The molecule has 1 atom stereocenters. The van der Waals surface area contributed by atoms with Crippen molar-refractivity contribution in [2.45, 2.75) is 12.3 Å². The van der Waals surface area contributed by atoms with E-state index in [9.17, 15) is 13.2 Å². The first kappa shape index (κ1) is 13.6. The van der Waals surface area contributed by atoms with E-state index in [1.807, 2.05) is 0 Å². The minimum Gasteiger partial charge on any atom is -0.394 e. The zero-order chi connectivity index (χ0) is 12.9. The Kier molecular flexibility index (Phi) is 4.55. The highest BCUT2D eigenvalue weighted by Crippen LogP contribution is 2.30. The molecule has 0 aromatic heterocycles. The maximum Gasteiger partial charge on any atom is 0.416 e. The standard InChI is InChI=1S/C12H11F3O2/c1-2-11(17-8-7-16)9-3-5-10(6-4-9)12(13,14)15/h1,3-6,11,16H,7-8H2/t11-/m1/s1. The zero-order valence-electron chi connectivity index (χ0n) is 8.87. The van der Waals surface area contributed by atoms with Crippen LogP contribution in [0.3, 0.4) is 0 Å². The fourth-order valence-electron chi connectivity index (χ4n) is 1.26. The molecule has 0 radical (unpaired) electrons. The fraction of sp³-hybridized carbons (Fsp3) is 0.333. The van der Waals surface area contributed by atoms with Crippen molar-refractivity contribution in [3.05, 3.63) is 35.4 Å². The highest BCUT2D eigenvalue weighted by molar-refractivity contribution is 5.29. The Balaban J connectivity index is 2.83. The van der Waals surface area contributed by atoms with E-state index in [4.69, 9.17) is 16.3 Å². The molecule has 0 aliphatic heterocycles. The molecule has 0 fully saturated rings. The molecule has 17 heavy (non-hydrogen) atoms. The number of rotatable bonds is 4. The Morgan fingerprint density at radius 1 is 1.29 bits per heavy atom. The summed E-state index contributed by atoms with van der Waals surface area (Å²) < 4.78 is 42.0. The van der Waals surface area contributed by atoms with Crippen LogP contribution in [0.5, 0.6) is 0 Å². The van der Waals surface area contributed by atoms with Crippen molar-refractivity contribution < 1.29 is 23.0 Å². The van der Waals surface area contributed by atoms with E-state index in [2.05, 4.69) is 5.92 Å². The van der Waals surface area contributed by atoms with E-state index < -0.39 is 17.8 Å². The molecule has 0 aliphatic carbocycles. The molecule has 92 valence electrons. The van der Waals surface area contributed by atoms with Crippen molar-refractivity contribution in [2.24, 2.45) is 0 Å². The Labute approximate surface area is 97.0 Å². The van der Waals surface area contributed by atoms with Crippen LogP contribution in [0.4, 0.5) is 13.2 Å². The summed E-state index contributed by atoms with van der Waals surface area (Å²) in [5, 5.41) is 8.57. The number of hydrogen-bond acceptors (Lipinski definition) is 2. The van der Waals surface area contributed by atoms with Gasteiger partial charge in [0.2, 0.25) is 0 Å². The van der Waals surface area contributed by atoms with Crippen LogP contribution in [0.2, 0.25) is 0 Å². The number of benzene rings is 1. The van der Waals surface area contributed by atoms with Crippen molar-refractivity contribution in [1.82, 2.24) is 0 Å². The second-order valence-electron chi connectivity index (χ2n) is 3.26. The van der Waals surface area contributed by atoms with Gasteiger partial charge in [0.15, 0.2) is 0 Å². The lowest BCUT2D eigenvalue weighted by Gasteiger charge is -2.13. The zero-order valence-corrected chi connectivity index (χ0v) is 8.87. The molecule has 1 N–H and O–H groups in total. The van der Waals surface area contributed by atoms with Crippen LogP contribution in [-0.4, -0.2) is 18.3 Å². The highest BCUT2D eigenvalue weighted by atomic mass is 19.4. The van der Waals surface area contributed by atoms with Crippen LogP contribution in [0.25, 0.3) is 0 Å². The van der Waals surface area contributed by atoms with Gasteiger partial charge in [-0.15, -0.1) is 6.42 Å². The molecule has 0 aliphatic rings. The van der Waals surface area contributed by atoms with Crippen LogP contribution >= 0.6 is 0 Å². The first-order valence-corrected chi connectivity index (χ1v) is 4.84. The molecule has 2 nitrogen and oxygen atoms in total. The predicted molar refractivity (Wildman–Crippen MR) is 56.1 cm³/mol. The average Bonchev–Trinajstić information content (AvgIpc) is 2.29. The largest absolute Gasteiger partial charge is 0.416 e. The van der Waals surface area contributed by atoms with Crippen molar-refractivity contribution in [3.63, 3.8) is 0 Å². The van der Waals surface area contributed by atoms with Crippen LogP contribution in [0.1, 0.15) is 17.2 Å². The number of halogens is 3. The van der Waals surface area contributed by atoms with Gasteiger partial charge in [-0.2, -0.15) is 13.2 Å². The third-order valence-corrected chi connectivity index (χ3v) is 2.07. The Morgan fingerprint density at radius 3 is 2.29 bits per heavy atom. The third-order valence-electron chi connectivity index (χ3n) is 2.07. The molecule has 1 rings (SSSR count). The average molecular weight is 244 g/mol. The molecule has 0 saturated heterocycles. The molecular formula is C12H11F3O2. The summed E-state index contributed by atoms with van der Waals surface area (Å²) >= 11 is 0. The smallest absolute Gasteiger partial charge is 0.394 e. The van der Waals surface area contributed by atoms with Gasteiger partial charge in [-0.05, 0) is 17.7 Å². The summed E-state index contributed by atoms with van der Waals surface area (Å²) in [6.45, 7) is -0.158. The molecule has 1 aromatic carbocycles. The van der Waals surface area contributed by atoms with E-state index in [1.54, 1.807) is 0 Å².